The van der Waals surface area contributed by atoms with Gasteiger partial charge in [-0.25, -0.2) is 13.1 Å². The largest absolute Gasteiger partial charge is 0.399 e. The van der Waals surface area contributed by atoms with Crippen LogP contribution in [0.3, 0.4) is 0 Å². The van der Waals surface area contributed by atoms with Crippen LogP contribution in [-0.4, -0.2) is 33.2 Å². The van der Waals surface area contributed by atoms with Crippen LogP contribution in [0.5, 0.6) is 0 Å². The zero-order valence-electron chi connectivity index (χ0n) is 13.3. The average Bonchev–Trinajstić information content (AvgIpc) is 2.84. The lowest BCUT2D eigenvalue weighted by molar-refractivity contribution is 0.0945. The maximum atomic E-state index is 12.3. The monoisotopic (exact) mass is 361 g/mol. The molecule has 8 heteroatoms. The van der Waals surface area contributed by atoms with E-state index < -0.39 is 10.0 Å². The van der Waals surface area contributed by atoms with Crippen LogP contribution in [0, 0.1) is 12.8 Å². The van der Waals surface area contributed by atoms with Crippen molar-refractivity contribution in [1.29, 1.82) is 0 Å². The topological polar surface area (TPSA) is 101 Å². The molecule has 0 radical (unpaired) electrons. The fraction of sp³-hybridized carbons (Fsp3) is 0.533. The van der Waals surface area contributed by atoms with Crippen LogP contribution >= 0.6 is 12.4 Å². The molecule has 1 saturated carbocycles. The third-order valence-electron chi connectivity index (χ3n) is 4.06. The molecule has 1 aliphatic rings. The van der Waals surface area contributed by atoms with Gasteiger partial charge in [-0.1, -0.05) is 12.5 Å². The summed E-state index contributed by atoms with van der Waals surface area (Å²) >= 11 is 0. The van der Waals surface area contributed by atoms with E-state index in [2.05, 4.69) is 10.0 Å². The molecule has 2 unspecified atom stereocenters. The van der Waals surface area contributed by atoms with Crippen LogP contribution in [0.25, 0.3) is 0 Å². The highest BCUT2D eigenvalue weighted by atomic mass is 35.5. The Kier molecular flexibility index (Phi) is 6.85. The van der Waals surface area contributed by atoms with E-state index in [9.17, 15) is 13.2 Å². The number of nitrogens with two attached hydrogens (primary N) is 1. The summed E-state index contributed by atoms with van der Waals surface area (Å²) in [5.41, 5.74) is 7.69. The first kappa shape index (κ1) is 19.7. The first-order chi connectivity index (χ1) is 10.3. The van der Waals surface area contributed by atoms with Crippen LogP contribution in [0.15, 0.2) is 18.2 Å². The van der Waals surface area contributed by atoms with E-state index in [1.165, 1.54) is 0 Å². The average molecular weight is 362 g/mol. The summed E-state index contributed by atoms with van der Waals surface area (Å²) in [5, 5.41) is 2.90. The van der Waals surface area contributed by atoms with Crippen molar-refractivity contribution in [3.05, 3.63) is 29.3 Å². The Labute approximate surface area is 143 Å². The van der Waals surface area contributed by atoms with Crippen molar-refractivity contribution in [2.24, 2.45) is 5.92 Å². The zero-order chi connectivity index (χ0) is 16.3. The Balaban J connectivity index is 0.00000264. The SMILES string of the molecule is Cc1ccc(N)cc1C(=O)NCC1CCCC1NS(C)(=O)=O.Cl. The molecular weight excluding hydrogens is 338 g/mol. The van der Waals surface area contributed by atoms with Crippen LogP contribution < -0.4 is 15.8 Å². The molecule has 130 valence electrons. The van der Waals surface area contributed by atoms with Gasteiger partial charge in [0.1, 0.15) is 0 Å². The number of rotatable bonds is 5. The summed E-state index contributed by atoms with van der Waals surface area (Å²) in [7, 11) is -3.22. The zero-order valence-corrected chi connectivity index (χ0v) is 15.0. The van der Waals surface area contributed by atoms with Gasteiger partial charge in [-0.05, 0) is 43.4 Å². The molecule has 23 heavy (non-hydrogen) atoms. The number of nitrogens with one attached hydrogen (secondary N) is 2. The molecular formula is C15H24ClN3O3S. The maximum absolute atomic E-state index is 12.3. The Morgan fingerprint density at radius 1 is 1.35 bits per heavy atom. The number of benzene rings is 1. The second-order valence-electron chi connectivity index (χ2n) is 5.97. The lowest BCUT2D eigenvalue weighted by Crippen LogP contribution is -2.41. The van der Waals surface area contributed by atoms with Crippen molar-refractivity contribution < 1.29 is 13.2 Å². The molecule has 1 aliphatic carbocycles. The summed E-state index contributed by atoms with van der Waals surface area (Å²) in [6, 6.07) is 5.13. The molecule has 1 aromatic carbocycles. The first-order valence-corrected chi connectivity index (χ1v) is 9.27. The van der Waals surface area contributed by atoms with E-state index in [-0.39, 0.29) is 30.3 Å². The number of hydrogen-bond donors (Lipinski definition) is 3. The summed E-state index contributed by atoms with van der Waals surface area (Å²) in [5.74, 6) is -0.0464. The van der Waals surface area contributed by atoms with Gasteiger partial charge in [0.15, 0.2) is 0 Å². The molecule has 1 amide bonds. The fourth-order valence-corrected chi connectivity index (χ4v) is 3.77. The smallest absolute Gasteiger partial charge is 0.251 e. The molecule has 4 N–H and O–H groups in total. The van der Waals surface area contributed by atoms with Gasteiger partial charge in [-0.2, -0.15) is 0 Å². The number of sulfonamides is 1. The van der Waals surface area contributed by atoms with Gasteiger partial charge in [0.2, 0.25) is 10.0 Å². The Morgan fingerprint density at radius 2 is 2.04 bits per heavy atom. The Bertz CT molecular complexity index is 664. The molecule has 2 atom stereocenters. The summed E-state index contributed by atoms with van der Waals surface area (Å²) in [6.45, 7) is 2.32. The van der Waals surface area contributed by atoms with E-state index in [4.69, 9.17) is 5.73 Å². The standard InChI is InChI=1S/C15H23N3O3S.ClH/c1-10-6-7-12(16)8-13(10)15(19)17-9-11-4-3-5-14(11)18-22(2,20)21;/h6-8,11,14,18H,3-5,9,16H2,1-2H3,(H,17,19);1H. The first-order valence-electron chi connectivity index (χ1n) is 7.38. The van der Waals surface area contributed by atoms with Crippen molar-refractivity contribution in [2.75, 3.05) is 18.5 Å². The number of carbonyl (C=O) groups is 1. The van der Waals surface area contributed by atoms with E-state index >= 15 is 0 Å². The number of hydrogen-bond acceptors (Lipinski definition) is 4. The molecule has 0 aliphatic heterocycles. The van der Waals surface area contributed by atoms with Gasteiger partial charge < -0.3 is 11.1 Å². The quantitative estimate of drug-likeness (QED) is 0.691. The number of carbonyl (C=O) groups excluding carboxylic acids is 1. The molecule has 0 heterocycles. The summed E-state index contributed by atoms with van der Waals surface area (Å²) in [4.78, 5) is 12.3. The molecule has 0 saturated heterocycles. The van der Waals surface area contributed by atoms with Crippen LogP contribution in [0.2, 0.25) is 0 Å². The van der Waals surface area contributed by atoms with Crippen LogP contribution in [0.1, 0.15) is 35.2 Å². The lowest BCUT2D eigenvalue weighted by Gasteiger charge is -2.20. The van der Waals surface area contributed by atoms with Gasteiger partial charge in [0.25, 0.3) is 5.91 Å². The van der Waals surface area contributed by atoms with Crippen LogP contribution in [-0.2, 0) is 10.0 Å². The molecule has 6 nitrogen and oxygen atoms in total. The summed E-state index contributed by atoms with van der Waals surface area (Å²) in [6.07, 6.45) is 3.84. The van der Waals surface area contributed by atoms with E-state index in [1.54, 1.807) is 12.1 Å². The Hall–Kier alpha value is -1.31. The predicted octanol–water partition coefficient (Wildman–Crippen LogP) is 1.45. The van der Waals surface area contributed by atoms with Gasteiger partial charge in [-0.3, -0.25) is 4.79 Å². The van der Waals surface area contributed by atoms with Gasteiger partial charge in [0.05, 0.1) is 6.26 Å². The molecule has 0 aromatic heterocycles. The second-order valence-corrected chi connectivity index (χ2v) is 7.75. The number of amides is 1. The van der Waals surface area contributed by atoms with Gasteiger partial charge >= 0.3 is 0 Å². The van der Waals surface area contributed by atoms with Crippen molar-refractivity contribution >= 4 is 34.0 Å². The number of anilines is 1. The molecule has 0 bridgehead atoms. The minimum Gasteiger partial charge on any atom is -0.399 e. The number of halogens is 1. The third-order valence-corrected chi connectivity index (χ3v) is 4.79. The number of nitrogen functional groups attached to an aromatic ring is 1. The highest BCUT2D eigenvalue weighted by molar-refractivity contribution is 7.88. The Morgan fingerprint density at radius 3 is 2.70 bits per heavy atom. The van der Waals surface area contributed by atoms with E-state index in [0.29, 0.717) is 17.8 Å². The summed E-state index contributed by atoms with van der Waals surface area (Å²) < 4.78 is 25.4. The van der Waals surface area contributed by atoms with E-state index in [1.807, 2.05) is 13.0 Å². The lowest BCUT2D eigenvalue weighted by atomic mass is 10.0. The van der Waals surface area contributed by atoms with Crippen molar-refractivity contribution in [1.82, 2.24) is 10.0 Å². The fourth-order valence-electron chi connectivity index (χ4n) is 2.91. The predicted molar refractivity (Wildman–Crippen MR) is 94.3 cm³/mol. The van der Waals surface area contributed by atoms with E-state index in [0.717, 1.165) is 31.1 Å². The van der Waals surface area contributed by atoms with Crippen LogP contribution in [0.4, 0.5) is 5.69 Å². The minimum absolute atomic E-state index is 0. The normalized spacial score (nSPS) is 20.8. The van der Waals surface area contributed by atoms with Gasteiger partial charge in [0, 0.05) is 23.8 Å². The number of aryl methyl sites for hydroxylation is 1. The van der Waals surface area contributed by atoms with Crippen molar-refractivity contribution in [2.45, 2.75) is 32.2 Å². The molecule has 1 fully saturated rings. The van der Waals surface area contributed by atoms with Crippen molar-refractivity contribution in [3.8, 4) is 0 Å². The molecule has 0 spiro atoms. The van der Waals surface area contributed by atoms with Gasteiger partial charge in [-0.15, -0.1) is 12.4 Å². The molecule has 1 aromatic rings. The highest BCUT2D eigenvalue weighted by Crippen LogP contribution is 2.25. The maximum Gasteiger partial charge on any atom is 0.251 e. The van der Waals surface area contributed by atoms with Crippen molar-refractivity contribution in [3.63, 3.8) is 0 Å². The second kappa shape index (κ2) is 7.99. The third kappa shape index (κ3) is 5.67. The minimum atomic E-state index is -3.22. The molecule has 2 rings (SSSR count). The highest BCUT2D eigenvalue weighted by Gasteiger charge is 2.29.